The van der Waals surface area contributed by atoms with E-state index in [4.69, 9.17) is 5.73 Å². The number of aryl methyl sites for hydroxylation is 1. The molecule has 0 aliphatic heterocycles. The third kappa shape index (κ3) is 2.81. The summed E-state index contributed by atoms with van der Waals surface area (Å²) in [7, 11) is 0. The van der Waals surface area contributed by atoms with Crippen molar-refractivity contribution in [2.45, 2.75) is 73.9 Å². The third-order valence-electron chi connectivity index (χ3n) is 5.40. The zero-order valence-electron chi connectivity index (χ0n) is 14.4. The van der Waals surface area contributed by atoms with Crippen molar-refractivity contribution < 1.29 is 0 Å². The molecule has 1 heterocycles. The van der Waals surface area contributed by atoms with Gasteiger partial charge in [-0.3, -0.25) is 0 Å². The minimum atomic E-state index is 0.205. The molecule has 1 unspecified atom stereocenters. The van der Waals surface area contributed by atoms with E-state index in [1.807, 2.05) is 0 Å². The van der Waals surface area contributed by atoms with Gasteiger partial charge in [-0.1, -0.05) is 41.5 Å². The minimum Gasteiger partial charge on any atom is -0.348 e. The average Bonchev–Trinajstić information content (AvgIpc) is 2.55. The molecular formula is C18H32N2. The maximum atomic E-state index is 6.41. The molecule has 1 atom stereocenters. The van der Waals surface area contributed by atoms with E-state index in [1.54, 1.807) is 0 Å². The minimum absolute atomic E-state index is 0.205. The summed E-state index contributed by atoms with van der Waals surface area (Å²) in [5, 5.41) is 0. The van der Waals surface area contributed by atoms with Crippen LogP contribution in [0.1, 0.15) is 71.0 Å². The van der Waals surface area contributed by atoms with Crippen LogP contribution in [-0.2, 0) is 13.0 Å². The molecule has 2 rings (SSSR count). The summed E-state index contributed by atoms with van der Waals surface area (Å²) in [4.78, 5) is 0. The first-order valence-corrected chi connectivity index (χ1v) is 7.98. The Bertz CT molecular complexity index is 492. The summed E-state index contributed by atoms with van der Waals surface area (Å²) in [6, 6.07) is 2.53. The fourth-order valence-corrected chi connectivity index (χ4v) is 3.31. The van der Waals surface area contributed by atoms with Gasteiger partial charge in [0.15, 0.2) is 0 Å². The fourth-order valence-electron chi connectivity index (χ4n) is 3.31. The number of aromatic nitrogens is 1. The molecule has 1 aromatic heterocycles. The summed E-state index contributed by atoms with van der Waals surface area (Å²) in [6.07, 6.45) is 2.25. The van der Waals surface area contributed by atoms with Crippen LogP contribution in [0.25, 0.3) is 0 Å². The molecule has 1 aromatic rings. The summed E-state index contributed by atoms with van der Waals surface area (Å²) in [6.45, 7) is 17.4. The second kappa shape index (κ2) is 4.91. The van der Waals surface area contributed by atoms with Gasteiger partial charge in [-0.25, -0.2) is 0 Å². The van der Waals surface area contributed by atoms with Crippen molar-refractivity contribution in [3.05, 3.63) is 23.0 Å². The van der Waals surface area contributed by atoms with Crippen molar-refractivity contribution in [2.75, 3.05) is 0 Å². The van der Waals surface area contributed by atoms with Crippen molar-refractivity contribution in [1.82, 2.24) is 4.57 Å². The average molecular weight is 276 g/mol. The molecule has 0 amide bonds. The molecule has 0 aromatic carbocycles. The van der Waals surface area contributed by atoms with Gasteiger partial charge >= 0.3 is 0 Å². The van der Waals surface area contributed by atoms with Gasteiger partial charge in [0.1, 0.15) is 0 Å². The summed E-state index contributed by atoms with van der Waals surface area (Å²) >= 11 is 0. The van der Waals surface area contributed by atoms with Gasteiger partial charge in [-0.2, -0.15) is 0 Å². The van der Waals surface area contributed by atoms with E-state index in [1.165, 1.54) is 17.0 Å². The largest absolute Gasteiger partial charge is 0.348 e. The van der Waals surface area contributed by atoms with Crippen LogP contribution in [0.2, 0.25) is 0 Å². The highest BCUT2D eigenvalue weighted by molar-refractivity contribution is 5.34. The van der Waals surface area contributed by atoms with E-state index in [9.17, 15) is 0 Å². The highest BCUT2D eigenvalue weighted by atomic mass is 15.0. The normalized spacial score (nSPS) is 22.1. The monoisotopic (exact) mass is 276 g/mol. The van der Waals surface area contributed by atoms with Gasteiger partial charge < -0.3 is 10.3 Å². The number of hydrogen-bond donors (Lipinski definition) is 1. The lowest BCUT2D eigenvalue weighted by Gasteiger charge is -2.37. The smallest absolute Gasteiger partial charge is 0.0318 e. The highest BCUT2D eigenvalue weighted by Crippen LogP contribution is 2.42. The van der Waals surface area contributed by atoms with Crippen LogP contribution in [0, 0.1) is 23.7 Å². The molecule has 0 saturated heterocycles. The van der Waals surface area contributed by atoms with Crippen LogP contribution in [0.15, 0.2) is 6.07 Å². The van der Waals surface area contributed by atoms with Crippen molar-refractivity contribution in [3.63, 3.8) is 0 Å². The predicted octanol–water partition coefficient (Wildman–Crippen LogP) is 4.45. The highest BCUT2D eigenvalue weighted by Gasteiger charge is 2.34. The summed E-state index contributed by atoms with van der Waals surface area (Å²) in [5.41, 5.74) is 11.3. The molecule has 0 radical (unpaired) electrons. The van der Waals surface area contributed by atoms with Crippen LogP contribution in [-0.4, -0.2) is 4.57 Å². The Morgan fingerprint density at radius 2 is 2.00 bits per heavy atom. The predicted molar refractivity (Wildman–Crippen MR) is 86.8 cm³/mol. The fraction of sp³-hybridized carbons (Fsp3) is 0.778. The molecule has 0 saturated carbocycles. The third-order valence-corrected chi connectivity index (χ3v) is 5.40. The molecule has 20 heavy (non-hydrogen) atoms. The van der Waals surface area contributed by atoms with Crippen LogP contribution < -0.4 is 5.73 Å². The lowest BCUT2D eigenvalue weighted by atomic mass is 9.74. The van der Waals surface area contributed by atoms with Crippen LogP contribution in [0.5, 0.6) is 0 Å². The first-order chi connectivity index (χ1) is 9.03. The second-order valence-electron chi connectivity index (χ2n) is 8.57. The van der Waals surface area contributed by atoms with E-state index in [0.29, 0.717) is 16.7 Å². The maximum Gasteiger partial charge on any atom is 0.0318 e. The Balaban J connectivity index is 2.42. The van der Waals surface area contributed by atoms with E-state index < -0.39 is 0 Å². The molecule has 0 bridgehead atoms. The first-order valence-electron chi connectivity index (χ1n) is 7.98. The summed E-state index contributed by atoms with van der Waals surface area (Å²) in [5.74, 6) is 0.672. The number of nitrogens with zero attached hydrogens (tertiary/aromatic N) is 1. The molecule has 1 aliphatic rings. The van der Waals surface area contributed by atoms with Gasteiger partial charge in [-0.15, -0.1) is 0 Å². The van der Waals surface area contributed by atoms with Crippen LogP contribution >= 0.6 is 0 Å². The lowest BCUT2D eigenvalue weighted by molar-refractivity contribution is 0.200. The number of nitrogens with two attached hydrogens (primary N) is 1. The number of hydrogen-bond acceptors (Lipinski definition) is 1. The van der Waals surface area contributed by atoms with Gasteiger partial charge in [-0.05, 0) is 48.1 Å². The van der Waals surface area contributed by atoms with Crippen molar-refractivity contribution in [3.8, 4) is 0 Å². The molecule has 114 valence electrons. The van der Waals surface area contributed by atoms with Gasteiger partial charge in [0.05, 0.1) is 0 Å². The molecule has 0 fully saturated rings. The van der Waals surface area contributed by atoms with Crippen molar-refractivity contribution >= 4 is 0 Å². The van der Waals surface area contributed by atoms with E-state index in [0.717, 1.165) is 19.4 Å². The SMILES string of the molecule is Cc1cc2c(n1CC(C)(C)C(C)C)CC(C)(C)CC2N. The second-order valence-corrected chi connectivity index (χ2v) is 8.57. The Morgan fingerprint density at radius 1 is 1.40 bits per heavy atom. The van der Waals surface area contributed by atoms with Gasteiger partial charge in [0.25, 0.3) is 0 Å². The van der Waals surface area contributed by atoms with Crippen molar-refractivity contribution in [1.29, 1.82) is 0 Å². The van der Waals surface area contributed by atoms with Crippen LogP contribution in [0.4, 0.5) is 0 Å². The van der Waals surface area contributed by atoms with E-state index in [2.05, 4.69) is 59.1 Å². The Kier molecular flexibility index (Phi) is 3.83. The first kappa shape index (κ1) is 15.6. The maximum absolute atomic E-state index is 6.41. The van der Waals surface area contributed by atoms with E-state index >= 15 is 0 Å². The molecular weight excluding hydrogens is 244 g/mol. The Morgan fingerprint density at radius 3 is 2.55 bits per heavy atom. The lowest BCUT2D eigenvalue weighted by Crippen LogP contribution is -2.32. The van der Waals surface area contributed by atoms with Crippen LogP contribution in [0.3, 0.4) is 0 Å². The number of rotatable bonds is 3. The van der Waals surface area contributed by atoms with Crippen molar-refractivity contribution in [2.24, 2.45) is 22.5 Å². The molecule has 0 spiro atoms. The molecule has 2 N–H and O–H groups in total. The van der Waals surface area contributed by atoms with Gasteiger partial charge in [0.2, 0.25) is 0 Å². The Labute approximate surface area is 124 Å². The topological polar surface area (TPSA) is 30.9 Å². The summed E-state index contributed by atoms with van der Waals surface area (Å²) < 4.78 is 2.54. The van der Waals surface area contributed by atoms with E-state index in [-0.39, 0.29) is 6.04 Å². The molecule has 2 heteroatoms. The standard InChI is InChI=1S/C18H32N2/c1-12(2)18(6,7)11-20-13(3)8-14-15(19)9-17(4,5)10-16(14)20/h8,12,15H,9-11,19H2,1-7H3. The zero-order chi connectivity index (χ0) is 15.3. The Hall–Kier alpha value is -0.760. The van der Waals surface area contributed by atoms with Gasteiger partial charge in [0, 0.05) is 24.0 Å². The molecule has 2 nitrogen and oxygen atoms in total. The number of fused-ring (bicyclic) bond motifs is 1. The molecule has 1 aliphatic carbocycles. The quantitative estimate of drug-likeness (QED) is 0.868. The zero-order valence-corrected chi connectivity index (χ0v) is 14.4.